The van der Waals surface area contributed by atoms with Crippen LogP contribution < -0.4 is 5.32 Å². The summed E-state index contributed by atoms with van der Waals surface area (Å²) in [7, 11) is 0. The molecule has 2 rings (SSSR count). The number of aliphatic hydroxyl groups excluding tert-OH is 1. The SMILES string of the molecule is CC(CO)CNC1CCN(Cc2ccccn2)CC1C. The molecule has 112 valence electrons. The first kappa shape index (κ1) is 15.4. The van der Waals surface area contributed by atoms with Crippen LogP contribution >= 0.6 is 0 Å². The minimum atomic E-state index is 0.264. The number of nitrogens with zero attached hydrogens (tertiary/aromatic N) is 2. The Balaban J connectivity index is 1.77. The van der Waals surface area contributed by atoms with Gasteiger partial charge in [-0.05, 0) is 30.4 Å². The average Bonchev–Trinajstić information content (AvgIpc) is 2.47. The Bertz CT molecular complexity index is 385. The summed E-state index contributed by atoms with van der Waals surface area (Å²) in [6.07, 6.45) is 3.04. The standard InChI is InChI=1S/C16H27N3O/c1-13(12-20)9-18-16-6-8-19(10-14(16)2)11-15-5-3-4-7-17-15/h3-5,7,13-14,16,18,20H,6,8-12H2,1-2H3. The van der Waals surface area contributed by atoms with Crippen LogP contribution in [-0.4, -0.2) is 47.3 Å². The monoisotopic (exact) mass is 277 g/mol. The summed E-state index contributed by atoms with van der Waals surface area (Å²) in [4.78, 5) is 6.89. The lowest BCUT2D eigenvalue weighted by atomic mass is 9.93. The summed E-state index contributed by atoms with van der Waals surface area (Å²) in [5, 5.41) is 12.7. The predicted octanol–water partition coefficient (Wildman–Crippen LogP) is 1.51. The summed E-state index contributed by atoms with van der Waals surface area (Å²) in [6, 6.07) is 6.68. The minimum Gasteiger partial charge on any atom is -0.396 e. The van der Waals surface area contributed by atoms with Gasteiger partial charge in [0.1, 0.15) is 0 Å². The molecule has 0 amide bonds. The smallest absolute Gasteiger partial charge is 0.0543 e. The number of nitrogens with one attached hydrogen (secondary N) is 1. The lowest BCUT2D eigenvalue weighted by Crippen LogP contribution is -2.49. The van der Waals surface area contributed by atoms with Gasteiger partial charge >= 0.3 is 0 Å². The van der Waals surface area contributed by atoms with Crippen LogP contribution in [0.3, 0.4) is 0 Å². The Kier molecular flexibility index (Phi) is 5.95. The van der Waals surface area contributed by atoms with Gasteiger partial charge in [0.15, 0.2) is 0 Å². The molecule has 3 unspecified atom stereocenters. The van der Waals surface area contributed by atoms with Crippen molar-refractivity contribution in [2.75, 3.05) is 26.2 Å². The van der Waals surface area contributed by atoms with Crippen LogP contribution in [0.15, 0.2) is 24.4 Å². The maximum Gasteiger partial charge on any atom is 0.0543 e. The molecule has 20 heavy (non-hydrogen) atoms. The molecule has 1 aliphatic rings. The maximum atomic E-state index is 9.08. The number of likely N-dealkylation sites (tertiary alicyclic amines) is 1. The highest BCUT2D eigenvalue weighted by atomic mass is 16.3. The van der Waals surface area contributed by atoms with Crippen LogP contribution in [0.5, 0.6) is 0 Å². The Labute approximate surface area is 122 Å². The highest BCUT2D eigenvalue weighted by Crippen LogP contribution is 2.18. The summed E-state index contributed by atoms with van der Waals surface area (Å²) < 4.78 is 0. The first-order valence-corrected chi connectivity index (χ1v) is 7.65. The van der Waals surface area contributed by atoms with Gasteiger partial charge in [-0.15, -0.1) is 0 Å². The molecule has 0 spiro atoms. The van der Waals surface area contributed by atoms with Gasteiger partial charge in [0.05, 0.1) is 5.69 Å². The van der Waals surface area contributed by atoms with Crippen LogP contribution in [0.4, 0.5) is 0 Å². The van der Waals surface area contributed by atoms with E-state index in [1.54, 1.807) is 0 Å². The Morgan fingerprint density at radius 2 is 2.35 bits per heavy atom. The van der Waals surface area contributed by atoms with Gasteiger partial charge in [0.2, 0.25) is 0 Å². The zero-order chi connectivity index (χ0) is 14.4. The Morgan fingerprint density at radius 3 is 3.00 bits per heavy atom. The van der Waals surface area contributed by atoms with E-state index in [0.29, 0.717) is 17.9 Å². The molecular formula is C16H27N3O. The molecule has 1 aromatic rings. The van der Waals surface area contributed by atoms with Crippen molar-refractivity contribution in [1.29, 1.82) is 0 Å². The van der Waals surface area contributed by atoms with Gasteiger partial charge < -0.3 is 10.4 Å². The number of hydrogen-bond acceptors (Lipinski definition) is 4. The first-order valence-electron chi connectivity index (χ1n) is 7.65. The predicted molar refractivity (Wildman–Crippen MR) is 81.3 cm³/mol. The topological polar surface area (TPSA) is 48.4 Å². The fraction of sp³-hybridized carbons (Fsp3) is 0.688. The van der Waals surface area contributed by atoms with Crippen molar-refractivity contribution in [3.05, 3.63) is 30.1 Å². The number of hydrogen-bond donors (Lipinski definition) is 2. The third-order valence-corrected chi connectivity index (χ3v) is 4.14. The number of rotatable bonds is 6. The van der Waals surface area contributed by atoms with E-state index in [4.69, 9.17) is 5.11 Å². The van der Waals surface area contributed by atoms with E-state index in [1.165, 1.54) is 6.42 Å². The molecule has 1 aromatic heterocycles. The Morgan fingerprint density at radius 1 is 1.50 bits per heavy atom. The van der Waals surface area contributed by atoms with Crippen LogP contribution in [0.2, 0.25) is 0 Å². The molecule has 0 saturated carbocycles. The van der Waals surface area contributed by atoms with Crippen molar-refractivity contribution in [1.82, 2.24) is 15.2 Å². The molecule has 0 aromatic carbocycles. The lowest BCUT2D eigenvalue weighted by molar-refractivity contribution is 0.133. The third kappa shape index (κ3) is 4.54. The highest BCUT2D eigenvalue weighted by molar-refractivity contribution is 5.03. The van der Waals surface area contributed by atoms with E-state index in [-0.39, 0.29) is 6.61 Å². The van der Waals surface area contributed by atoms with Gasteiger partial charge in [0, 0.05) is 45.0 Å². The van der Waals surface area contributed by atoms with Crippen LogP contribution in [-0.2, 0) is 6.54 Å². The lowest BCUT2D eigenvalue weighted by Gasteiger charge is -2.37. The molecule has 0 bridgehead atoms. The second kappa shape index (κ2) is 7.72. The Hall–Kier alpha value is -0.970. The maximum absolute atomic E-state index is 9.08. The van der Waals surface area contributed by atoms with Crippen molar-refractivity contribution < 1.29 is 5.11 Å². The van der Waals surface area contributed by atoms with E-state index in [0.717, 1.165) is 31.9 Å². The van der Waals surface area contributed by atoms with Gasteiger partial charge in [-0.3, -0.25) is 9.88 Å². The van der Waals surface area contributed by atoms with Crippen molar-refractivity contribution in [2.45, 2.75) is 32.9 Å². The van der Waals surface area contributed by atoms with Crippen molar-refractivity contribution in [3.8, 4) is 0 Å². The van der Waals surface area contributed by atoms with Crippen molar-refractivity contribution in [2.24, 2.45) is 11.8 Å². The number of aromatic nitrogens is 1. The van der Waals surface area contributed by atoms with Crippen LogP contribution in [0.1, 0.15) is 26.0 Å². The van der Waals surface area contributed by atoms with Crippen molar-refractivity contribution in [3.63, 3.8) is 0 Å². The molecule has 0 aliphatic carbocycles. The second-order valence-corrected chi connectivity index (χ2v) is 6.12. The van der Waals surface area contributed by atoms with Gasteiger partial charge in [-0.1, -0.05) is 19.9 Å². The number of aliphatic hydroxyl groups is 1. The molecule has 2 N–H and O–H groups in total. The molecule has 1 aliphatic heterocycles. The highest BCUT2D eigenvalue weighted by Gasteiger charge is 2.25. The fourth-order valence-corrected chi connectivity index (χ4v) is 2.82. The van der Waals surface area contributed by atoms with E-state index >= 15 is 0 Å². The molecular weight excluding hydrogens is 250 g/mol. The third-order valence-electron chi connectivity index (χ3n) is 4.14. The number of piperidine rings is 1. The van der Waals surface area contributed by atoms with Gasteiger partial charge in [-0.2, -0.15) is 0 Å². The summed E-state index contributed by atoms with van der Waals surface area (Å²) >= 11 is 0. The van der Waals surface area contributed by atoms with E-state index in [9.17, 15) is 0 Å². The second-order valence-electron chi connectivity index (χ2n) is 6.12. The van der Waals surface area contributed by atoms with Crippen LogP contribution in [0, 0.1) is 11.8 Å². The van der Waals surface area contributed by atoms with Gasteiger partial charge in [-0.25, -0.2) is 0 Å². The van der Waals surface area contributed by atoms with E-state index in [1.807, 2.05) is 12.3 Å². The first-order chi connectivity index (χ1) is 9.69. The molecule has 0 radical (unpaired) electrons. The quantitative estimate of drug-likeness (QED) is 0.827. The number of pyridine rings is 1. The minimum absolute atomic E-state index is 0.264. The summed E-state index contributed by atoms with van der Waals surface area (Å²) in [5.41, 5.74) is 1.15. The molecule has 2 heterocycles. The zero-order valence-corrected chi connectivity index (χ0v) is 12.6. The molecule has 4 heteroatoms. The molecule has 3 atom stereocenters. The summed E-state index contributed by atoms with van der Waals surface area (Å²) in [6.45, 7) is 8.74. The van der Waals surface area contributed by atoms with Crippen molar-refractivity contribution >= 4 is 0 Å². The largest absolute Gasteiger partial charge is 0.396 e. The average molecular weight is 277 g/mol. The molecule has 1 saturated heterocycles. The fourth-order valence-electron chi connectivity index (χ4n) is 2.82. The van der Waals surface area contributed by atoms with Crippen LogP contribution in [0.25, 0.3) is 0 Å². The van der Waals surface area contributed by atoms with E-state index in [2.05, 4.69) is 41.2 Å². The summed E-state index contributed by atoms with van der Waals surface area (Å²) in [5.74, 6) is 0.979. The van der Waals surface area contributed by atoms with E-state index < -0.39 is 0 Å². The normalized spacial score (nSPS) is 25.6. The molecule has 1 fully saturated rings. The van der Waals surface area contributed by atoms with Gasteiger partial charge in [0.25, 0.3) is 0 Å². The zero-order valence-electron chi connectivity index (χ0n) is 12.6. The molecule has 4 nitrogen and oxygen atoms in total.